The fraction of sp³-hybridized carbons (Fsp3) is 0.0833. The van der Waals surface area contributed by atoms with Crippen LogP contribution in [0.5, 0.6) is 0 Å². The van der Waals surface area contributed by atoms with Gasteiger partial charge in [-0.25, -0.2) is 0 Å². The van der Waals surface area contributed by atoms with Crippen LogP contribution in [-0.2, 0) is 15.2 Å². The van der Waals surface area contributed by atoms with Gasteiger partial charge in [-0.1, -0.05) is 22.0 Å². The minimum Gasteiger partial charge on any atom is -0.192 e. The number of halogens is 3. The van der Waals surface area contributed by atoms with E-state index in [9.17, 15) is 13.3 Å². The van der Waals surface area contributed by atoms with Crippen LogP contribution in [0.4, 0.5) is 8.78 Å². The first-order chi connectivity index (χ1) is 9.33. The van der Waals surface area contributed by atoms with Crippen molar-refractivity contribution >= 4 is 35.0 Å². The molecule has 0 saturated carbocycles. The highest BCUT2D eigenvalue weighted by Gasteiger charge is 2.44. The van der Waals surface area contributed by atoms with Crippen LogP contribution >= 0.6 is 24.2 Å². The highest BCUT2D eigenvalue weighted by atomic mass is 79.9. The maximum Gasteiger partial charge on any atom is 0.701 e. The second-order valence-electron chi connectivity index (χ2n) is 3.85. The van der Waals surface area contributed by atoms with Crippen molar-refractivity contribution in [2.75, 3.05) is 0 Å². The van der Waals surface area contributed by atoms with Crippen molar-refractivity contribution < 1.29 is 22.8 Å². The molecule has 102 valence electrons. The maximum absolute atomic E-state index is 13.7. The molecule has 1 unspecified atom stereocenters. The summed E-state index contributed by atoms with van der Waals surface area (Å²) in [4.78, 5) is 8.48. The number of fused-ring (bicyclic) bond motifs is 1. The summed E-state index contributed by atoms with van der Waals surface area (Å²) in [5.74, 6) is 0. The number of alkyl halides is 2. The molecule has 0 aliphatic carbocycles. The van der Waals surface area contributed by atoms with Crippen molar-refractivity contribution in [3.05, 3.63) is 45.9 Å². The first kappa shape index (κ1) is 14.9. The summed E-state index contributed by atoms with van der Waals surface area (Å²) >= 11 is 2.98. The molecular formula is C12H6BrF2NO3P+. The molecule has 2 aromatic rings. The van der Waals surface area contributed by atoms with E-state index in [-0.39, 0.29) is 4.47 Å². The van der Waals surface area contributed by atoms with Crippen LogP contribution < -0.4 is 0 Å². The van der Waals surface area contributed by atoms with Gasteiger partial charge in [-0.05, 0) is 39.6 Å². The number of benzene rings is 2. The molecule has 0 radical (unpaired) electrons. The van der Waals surface area contributed by atoms with Crippen molar-refractivity contribution in [2.45, 2.75) is 6.11 Å². The number of nitriles is 1. The standard InChI is InChI=1S/C12H5BrF2NO3P/c13-11-5-8-2-1-7(6-16)3-9(8)4-10(11)12(14,15)19-20(17)18/h1-5H/p+1. The normalized spacial score (nSPS) is 12.2. The molecule has 0 aromatic heterocycles. The van der Waals surface area contributed by atoms with Crippen LogP contribution in [0.25, 0.3) is 10.8 Å². The molecule has 8 heteroatoms. The minimum absolute atomic E-state index is 0.0385. The van der Waals surface area contributed by atoms with E-state index in [1.54, 1.807) is 12.1 Å². The van der Waals surface area contributed by atoms with E-state index in [1.165, 1.54) is 12.1 Å². The Morgan fingerprint density at radius 1 is 1.30 bits per heavy atom. The molecule has 20 heavy (non-hydrogen) atoms. The molecule has 0 fully saturated rings. The minimum atomic E-state index is -3.92. The van der Waals surface area contributed by atoms with Crippen molar-refractivity contribution in [1.82, 2.24) is 0 Å². The van der Waals surface area contributed by atoms with E-state index in [1.807, 2.05) is 6.07 Å². The van der Waals surface area contributed by atoms with Gasteiger partial charge in [0.05, 0.1) is 17.2 Å². The van der Waals surface area contributed by atoms with Crippen LogP contribution in [0.15, 0.2) is 34.8 Å². The van der Waals surface area contributed by atoms with Crippen LogP contribution in [0.1, 0.15) is 11.1 Å². The lowest BCUT2D eigenvalue weighted by atomic mass is 10.0. The summed E-state index contributed by atoms with van der Waals surface area (Å²) in [6.07, 6.45) is -3.92. The molecule has 2 rings (SSSR count). The monoisotopic (exact) mass is 360 g/mol. The van der Waals surface area contributed by atoms with Crippen LogP contribution in [0, 0.1) is 11.3 Å². The van der Waals surface area contributed by atoms with E-state index >= 15 is 0 Å². The van der Waals surface area contributed by atoms with Gasteiger partial charge in [-0.3, -0.25) is 0 Å². The first-order valence-electron chi connectivity index (χ1n) is 5.20. The predicted octanol–water partition coefficient (Wildman–Crippen LogP) is 4.19. The summed E-state index contributed by atoms with van der Waals surface area (Å²) in [7, 11) is -3.45. The van der Waals surface area contributed by atoms with E-state index < -0.39 is 19.9 Å². The van der Waals surface area contributed by atoms with Crippen molar-refractivity contribution in [1.29, 1.82) is 5.26 Å². The Bertz CT molecular complexity index is 745. The molecule has 1 N–H and O–H groups in total. The molecule has 0 spiro atoms. The third-order valence-corrected chi connectivity index (χ3v) is 3.60. The zero-order valence-electron chi connectivity index (χ0n) is 9.68. The Morgan fingerprint density at radius 3 is 2.60 bits per heavy atom. The summed E-state index contributed by atoms with van der Waals surface area (Å²) < 4.78 is 41.7. The topological polar surface area (TPSA) is 70.3 Å². The average molecular weight is 361 g/mol. The second-order valence-corrected chi connectivity index (χ2v) is 5.36. The number of rotatable bonds is 3. The quantitative estimate of drug-likeness (QED) is 0.833. The Balaban J connectivity index is 2.62. The Morgan fingerprint density at radius 2 is 2.00 bits per heavy atom. The zero-order valence-corrected chi connectivity index (χ0v) is 12.2. The number of hydrogen-bond acceptors (Lipinski definition) is 3. The molecule has 4 nitrogen and oxygen atoms in total. The first-order valence-corrected chi connectivity index (χ1v) is 7.13. The highest BCUT2D eigenvalue weighted by molar-refractivity contribution is 9.10. The number of nitrogens with zero attached hydrogens (tertiary/aromatic N) is 1. The van der Waals surface area contributed by atoms with Gasteiger partial charge < -0.3 is 0 Å². The van der Waals surface area contributed by atoms with Gasteiger partial charge in [-0.15, -0.1) is 4.89 Å². The van der Waals surface area contributed by atoms with Crippen LogP contribution in [0.3, 0.4) is 0 Å². The number of hydrogen-bond donors (Lipinski definition) is 1. The zero-order chi connectivity index (χ0) is 14.9. The van der Waals surface area contributed by atoms with Crippen molar-refractivity contribution in [2.24, 2.45) is 0 Å². The van der Waals surface area contributed by atoms with Gasteiger partial charge in [0, 0.05) is 9.04 Å². The fourth-order valence-corrected chi connectivity index (χ4v) is 2.60. The van der Waals surface area contributed by atoms with Gasteiger partial charge in [-0.2, -0.15) is 14.0 Å². The molecule has 1 atom stereocenters. The van der Waals surface area contributed by atoms with E-state index in [4.69, 9.17) is 10.2 Å². The molecule has 0 aliphatic heterocycles. The fourth-order valence-electron chi connectivity index (χ4n) is 1.71. The van der Waals surface area contributed by atoms with Gasteiger partial charge >= 0.3 is 14.4 Å². The smallest absolute Gasteiger partial charge is 0.192 e. The van der Waals surface area contributed by atoms with Crippen LogP contribution in [-0.4, -0.2) is 4.89 Å². The summed E-state index contributed by atoms with van der Waals surface area (Å²) in [6.45, 7) is 0. The molecule has 0 amide bonds. The Labute approximate surface area is 121 Å². The molecule has 0 aliphatic rings. The van der Waals surface area contributed by atoms with Gasteiger partial charge in [0.2, 0.25) is 0 Å². The summed E-state index contributed by atoms with van der Waals surface area (Å²) in [5, 5.41) is 9.84. The lowest BCUT2D eigenvalue weighted by molar-refractivity contribution is -0.186. The second kappa shape index (κ2) is 5.51. The molecule has 0 heterocycles. The molecule has 0 bridgehead atoms. The van der Waals surface area contributed by atoms with Crippen molar-refractivity contribution in [3.63, 3.8) is 0 Å². The van der Waals surface area contributed by atoms with Gasteiger partial charge in [0.25, 0.3) is 0 Å². The largest absolute Gasteiger partial charge is 0.701 e. The van der Waals surface area contributed by atoms with Crippen molar-refractivity contribution in [3.8, 4) is 6.07 Å². The highest BCUT2D eigenvalue weighted by Crippen LogP contribution is 2.42. The predicted molar refractivity (Wildman–Crippen MR) is 71.2 cm³/mol. The van der Waals surface area contributed by atoms with E-state index in [2.05, 4.69) is 20.5 Å². The van der Waals surface area contributed by atoms with Crippen LogP contribution in [0.2, 0.25) is 0 Å². The third kappa shape index (κ3) is 3.00. The lowest BCUT2D eigenvalue weighted by Gasteiger charge is -2.12. The van der Waals surface area contributed by atoms with Gasteiger partial charge in [0.1, 0.15) is 0 Å². The Hall–Kier alpha value is -1.45. The van der Waals surface area contributed by atoms with E-state index in [0.29, 0.717) is 16.3 Å². The van der Waals surface area contributed by atoms with E-state index in [0.717, 1.165) is 6.07 Å². The maximum atomic E-state index is 13.7. The average Bonchev–Trinajstić information content (AvgIpc) is 2.35. The Kier molecular flexibility index (Phi) is 4.11. The SMILES string of the molecule is N#Cc1ccc2cc(Br)c(C(F)(F)O[P+](=O)O)cc2c1. The molecule has 2 aromatic carbocycles. The van der Waals surface area contributed by atoms with Gasteiger partial charge in [0.15, 0.2) is 0 Å². The summed E-state index contributed by atoms with van der Waals surface area (Å²) in [5.41, 5.74) is -0.263. The molecule has 0 saturated heterocycles. The summed E-state index contributed by atoms with van der Waals surface area (Å²) in [6, 6.07) is 9.07. The third-order valence-electron chi connectivity index (χ3n) is 2.56. The molecular weight excluding hydrogens is 355 g/mol. The lowest BCUT2D eigenvalue weighted by Crippen LogP contribution is -2.15.